The second-order valence-corrected chi connectivity index (χ2v) is 12.6. The molecular weight excluding hydrogens is 476 g/mol. The van der Waals surface area contributed by atoms with E-state index in [9.17, 15) is 0 Å². The van der Waals surface area contributed by atoms with E-state index in [2.05, 4.69) is 131 Å². The summed E-state index contributed by atoms with van der Waals surface area (Å²) in [6.07, 6.45) is 0. The summed E-state index contributed by atoms with van der Waals surface area (Å²) in [6.45, 7) is 36.3. The number of benzene rings is 2. The van der Waals surface area contributed by atoms with Gasteiger partial charge in [-0.1, -0.05) is 95.2 Å². The Morgan fingerprint density at radius 2 is 0.795 bits per heavy atom. The lowest BCUT2D eigenvalue weighted by Crippen LogP contribution is -2.28. The van der Waals surface area contributed by atoms with Gasteiger partial charge in [-0.3, -0.25) is 9.80 Å². The molecule has 0 amide bonds. The lowest BCUT2D eigenvalue weighted by molar-refractivity contribution is 0.225. The molecule has 39 heavy (non-hydrogen) atoms. The zero-order valence-electron chi connectivity index (χ0n) is 27.9. The van der Waals surface area contributed by atoms with E-state index < -0.39 is 0 Å². The van der Waals surface area contributed by atoms with Crippen LogP contribution in [0.5, 0.6) is 11.5 Å². The average molecular weight is 537 g/mol. The van der Waals surface area contributed by atoms with Crippen molar-refractivity contribution in [3.63, 3.8) is 0 Å². The molecule has 0 aromatic heterocycles. The van der Waals surface area contributed by atoms with Crippen molar-refractivity contribution < 1.29 is 4.74 Å². The van der Waals surface area contributed by atoms with Crippen LogP contribution in [0.3, 0.4) is 0 Å². The van der Waals surface area contributed by atoms with Gasteiger partial charge >= 0.3 is 0 Å². The summed E-state index contributed by atoms with van der Waals surface area (Å²) < 4.78 is 7.27. The van der Waals surface area contributed by atoms with Crippen LogP contribution in [0.15, 0.2) is 24.3 Å². The van der Waals surface area contributed by atoms with Crippen molar-refractivity contribution in [3.05, 3.63) is 57.6 Å². The molecule has 0 aliphatic heterocycles. The third-order valence-electron chi connectivity index (χ3n) is 8.75. The van der Waals surface area contributed by atoms with E-state index in [1.807, 2.05) is 0 Å². The van der Waals surface area contributed by atoms with Crippen LogP contribution in [0.2, 0.25) is 0 Å². The maximum absolute atomic E-state index is 7.27. The SMILES string of the molecule is CCN(CC)C(C)c1c(Oc2cc(C(C)C)cc(C(C)C)c2C(C)N(CC)CC)cc(C(C)C)cc1C(C)C. The molecular formula is C36H60N2O. The van der Waals surface area contributed by atoms with E-state index in [1.54, 1.807) is 0 Å². The molecule has 2 unspecified atom stereocenters. The second kappa shape index (κ2) is 14.7. The van der Waals surface area contributed by atoms with Gasteiger partial charge in [0, 0.05) is 23.2 Å². The third-order valence-corrected chi connectivity index (χ3v) is 8.75. The van der Waals surface area contributed by atoms with Gasteiger partial charge in [-0.05, 0) is 98.1 Å². The second-order valence-electron chi connectivity index (χ2n) is 12.6. The fraction of sp³-hybridized carbons (Fsp3) is 0.667. The molecule has 220 valence electrons. The maximum Gasteiger partial charge on any atom is 0.132 e. The van der Waals surface area contributed by atoms with Crippen LogP contribution in [0.25, 0.3) is 0 Å². The van der Waals surface area contributed by atoms with E-state index in [4.69, 9.17) is 4.74 Å². The van der Waals surface area contributed by atoms with E-state index in [1.165, 1.54) is 33.4 Å². The van der Waals surface area contributed by atoms with Crippen molar-refractivity contribution in [3.8, 4) is 11.5 Å². The first-order valence-corrected chi connectivity index (χ1v) is 15.8. The van der Waals surface area contributed by atoms with Gasteiger partial charge in [0.05, 0.1) is 0 Å². The Balaban J connectivity index is 2.97. The molecule has 0 heterocycles. The first-order chi connectivity index (χ1) is 18.3. The Hall–Kier alpha value is -1.84. The van der Waals surface area contributed by atoms with Gasteiger partial charge in [-0.25, -0.2) is 0 Å². The van der Waals surface area contributed by atoms with Crippen LogP contribution in [0.4, 0.5) is 0 Å². The highest BCUT2D eigenvalue weighted by Crippen LogP contribution is 2.45. The molecule has 0 bridgehead atoms. The maximum atomic E-state index is 7.27. The number of ether oxygens (including phenoxy) is 1. The molecule has 0 aliphatic rings. The Morgan fingerprint density at radius 3 is 1.03 bits per heavy atom. The fourth-order valence-electron chi connectivity index (χ4n) is 6.05. The summed E-state index contributed by atoms with van der Waals surface area (Å²) >= 11 is 0. The molecule has 0 spiro atoms. The quantitative estimate of drug-likeness (QED) is 0.239. The lowest BCUT2D eigenvalue weighted by Gasteiger charge is -2.34. The number of hydrogen-bond acceptors (Lipinski definition) is 3. The molecule has 0 saturated heterocycles. The predicted molar refractivity (Wildman–Crippen MR) is 172 cm³/mol. The van der Waals surface area contributed by atoms with Crippen LogP contribution < -0.4 is 4.74 Å². The van der Waals surface area contributed by atoms with Crippen LogP contribution >= 0.6 is 0 Å². The smallest absolute Gasteiger partial charge is 0.132 e. The predicted octanol–water partition coefficient (Wildman–Crippen LogP) is 10.8. The minimum Gasteiger partial charge on any atom is -0.457 e. The summed E-state index contributed by atoms with van der Waals surface area (Å²) in [5, 5.41) is 0. The number of hydrogen-bond donors (Lipinski definition) is 0. The summed E-state index contributed by atoms with van der Waals surface area (Å²) in [6, 6.07) is 10.1. The van der Waals surface area contributed by atoms with Crippen molar-refractivity contribution >= 4 is 0 Å². The van der Waals surface area contributed by atoms with Gasteiger partial charge < -0.3 is 4.74 Å². The molecule has 0 saturated carbocycles. The van der Waals surface area contributed by atoms with Gasteiger partial charge in [-0.2, -0.15) is 0 Å². The van der Waals surface area contributed by atoms with E-state index in [0.717, 1.165) is 37.7 Å². The summed E-state index contributed by atoms with van der Waals surface area (Å²) in [7, 11) is 0. The highest BCUT2D eigenvalue weighted by Gasteiger charge is 2.28. The minimum atomic E-state index is 0.273. The average Bonchev–Trinajstić information content (AvgIpc) is 2.88. The summed E-state index contributed by atoms with van der Waals surface area (Å²) in [5.74, 6) is 3.78. The van der Waals surface area contributed by atoms with Gasteiger partial charge in [0.15, 0.2) is 0 Å². The van der Waals surface area contributed by atoms with Gasteiger partial charge in [0.2, 0.25) is 0 Å². The Bertz CT molecular complexity index is 961. The van der Waals surface area contributed by atoms with Gasteiger partial charge in [0.1, 0.15) is 11.5 Å². The first-order valence-electron chi connectivity index (χ1n) is 15.8. The zero-order chi connectivity index (χ0) is 29.6. The Kier molecular flexibility index (Phi) is 12.6. The molecule has 0 fully saturated rings. The molecule has 0 aliphatic carbocycles. The first kappa shape index (κ1) is 33.4. The Labute approximate surface area is 242 Å². The molecule has 2 aromatic carbocycles. The van der Waals surface area contributed by atoms with Crippen molar-refractivity contribution in [1.82, 2.24) is 9.80 Å². The highest BCUT2D eigenvalue weighted by atomic mass is 16.5. The summed E-state index contributed by atoms with van der Waals surface area (Å²) in [5.41, 5.74) is 8.23. The van der Waals surface area contributed by atoms with Crippen LogP contribution in [0.1, 0.15) is 166 Å². The fourth-order valence-corrected chi connectivity index (χ4v) is 6.05. The lowest BCUT2D eigenvalue weighted by atomic mass is 9.86. The standard InChI is InChI=1S/C36H60N2O/c1-15-37(16-2)27(13)35-31(25(9)10)19-29(23(5)6)21-33(35)39-34-22-30(24(7)8)20-32(26(11)12)36(34)28(14)38(17-3)18-4/h19-28H,15-18H2,1-14H3. The summed E-state index contributed by atoms with van der Waals surface area (Å²) in [4.78, 5) is 5.10. The molecule has 2 atom stereocenters. The van der Waals surface area contributed by atoms with Crippen LogP contribution in [-0.2, 0) is 0 Å². The number of nitrogens with zero attached hydrogens (tertiary/aromatic N) is 2. The molecule has 2 rings (SSSR count). The van der Waals surface area contributed by atoms with Crippen LogP contribution in [0, 0.1) is 0 Å². The van der Waals surface area contributed by atoms with Crippen LogP contribution in [-0.4, -0.2) is 36.0 Å². The molecule has 0 radical (unpaired) electrons. The van der Waals surface area contributed by atoms with E-state index >= 15 is 0 Å². The normalized spacial score (nSPS) is 13.9. The largest absolute Gasteiger partial charge is 0.457 e. The highest BCUT2D eigenvalue weighted by molar-refractivity contribution is 5.54. The monoisotopic (exact) mass is 536 g/mol. The zero-order valence-corrected chi connectivity index (χ0v) is 27.9. The topological polar surface area (TPSA) is 15.7 Å². The minimum absolute atomic E-state index is 0.273. The van der Waals surface area contributed by atoms with E-state index in [0.29, 0.717) is 23.7 Å². The molecule has 3 heteroatoms. The van der Waals surface area contributed by atoms with Crippen molar-refractivity contribution in [2.24, 2.45) is 0 Å². The number of rotatable bonds is 14. The molecule has 2 aromatic rings. The third kappa shape index (κ3) is 7.67. The van der Waals surface area contributed by atoms with E-state index in [-0.39, 0.29) is 12.1 Å². The van der Waals surface area contributed by atoms with Crippen molar-refractivity contribution in [2.75, 3.05) is 26.2 Å². The Morgan fingerprint density at radius 1 is 0.487 bits per heavy atom. The van der Waals surface area contributed by atoms with Crippen molar-refractivity contribution in [2.45, 2.75) is 133 Å². The van der Waals surface area contributed by atoms with Gasteiger partial charge in [0.25, 0.3) is 0 Å². The van der Waals surface area contributed by atoms with Crippen molar-refractivity contribution in [1.29, 1.82) is 0 Å². The molecule has 3 nitrogen and oxygen atoms in total. The molecule has 0 N–H and O–H groups in total. The van der Waals surface area contributed by atoms with Gasteiger partial charge in [-0.15, -0.1) is 0 Å².